The number of rotatable bonds is 8. The summed E-state index contributed by atoms with van der Waals surface area (Å²) in [6, 6.07) is 2.48. The van der Waals surface area contributed by atoms with E-state index in [1.54, 1.807) is 6.33 Å². The van der Waals surface area contributed by atoms with Crippen molar-refractivity contribution >= 4 is 11.6 Å². The molecule has 2 heterocycles. The van der Waals surface area contributed by atoms with Gasteiger partial charge in [0.2, 0.25) is 0 Å². The van der Waals surface area contributed by atoms with Crippen LogP contribution in [0.5, 0.6) is 0 Å². The van der Waals surface area contributed by atoms with Gasteiger partial charge >= 0.3 is 0 Å². The van der Waals surface area contributed by atoms with Crippen LogP contribution in [-0.4, -0.2) is 35.3 Å². The smallest absolute Gasteiger partial charge is 0.131 e. The first-order valence-corrected chi connectivity index (χ1v) is 9.22. The predicted octanol–water partition coefficient (Wildman–Crippen LogP) is 3.69. The molecule has 2 aliphatic rings. The van der Waals surface area contributed by atoms with Crippen LogP contribution in [0.4, 0.5) is 11.6 Å². The zero-order valence-corrected chi connectivity index (χ0v) is 14.4. The van der Waals surface area contributed by atoms with Gasteiger partial charge in [0.15, 0.2) is 0 Å². The molecule has 1 saturated carbocycles. The van der Waals surface area contributed by atoms with Crippen molar-refractivity contribution in [3.8, 4) is 0 Å². The Balaban J connectivity index is 1.54. The molecule has 0 aromatic carbocycles. The van der Waals surface area contributed by atoms with Gasteiger partial charge in [0.1, 0.15) is 18.0 Å². The average Bonchev–Trinajstić information content (AvgIpc) is 3.39. The van der Waals surface area contributed by atoms with Crippen molar-refractivity contribution in [1.29, 1.82) is 0 Å². The molecule has 1 aromatic heterocycles. The summed E-state index contributed by atoms with van der Waals surface area (Å²) in [5.41, 5.74) is 0. The summed E-state index contributed by atoms with van der Waals surface area (Å²) in [5.74, 6) is 3.37. The van der Waals surface area contributed by atoms with Gasteiger partial charge in [0, 0.05) is 25.3 Å². The van der Waals surface area contributed by atoms with Gasteiger partial charge in [-0.2, -0.15) is 0 Å². The van der Waals surface area contributed by atoms with E-state index in [4.69, 9.17) is 4.74 Å². The van der Waals surface area contributed by atoms with E-state index in [0.29, 0.717) is 18.1 Å². The SMILES string of the molecule is CCC(CC)C1CC(Nc2cc(NCC3CC3)ncn2)CCO1. The molecule has 0 bridgehead atoms. The van der Waals surface area contributed by atoms with Crippen LogP contribution in [0.25, 0.3) is 0 Å². The first-order valence-electron chi connectivity index (χ1n) is 9.22. The number of anilines is 2. The fraction of sp³-hybridized carbons (Fsp3) is 0.778. The van der Waals surface area contributed by atoms with Crippen molar-refractivity contribution in [1.82, 2.24) is 9.97 Å². The zero-order valence-electron chi connectivity index (χ0n) is 14.4. The van der Waals surface area contributed by atoms with Crippen molar-refractivity contribution in [2.45, 2.75) is 64.5 Å². The van der Waals surface area contributed by atoms with E-state index < -0.39 is 0 Å². The number of nitrogens with one attached hydrogen (secondary N) is 2. The maximum Gasteiger partial charge on any atom is 0.131 e. The molecule has 0 amide bonds. The zero-order chi connectivity index (χ0) is 16.1. The van der Waals surface area contributed by atoms with Crippen LogP contribution < -0.4 is 10.6 Å². The molecule has 2 fully saturated rings. The molecule has 3 rings (SSSR count). The third-order valence-electron chi connectivity index (χ3n) is 5.18. The molecule has 1 aromatic rings. The molecule has 2 unspecified atom stereocenters. The highest BCUT2D eigenvalue weighted by atomic mass is 16.5. The molecular weight excluding hydrogens is 288 g/mol. The summed E-state index contributed by atoms with van der Waals surface area (Å²) in [4.78, 5) is 8.70. The van der Waals surface area contributed by atoms with Gasteiger partial charge in [-0.15, -0.1) is 0 Å². The van der Waals surface area contributed by atoms with Gasteiger partial charge in [-0.05, 0) is 37.5 Å². The highest BCUT2D eigenvalue weighted by Crippen LogP contribution is 2.29. The first-order chi connectivity index (χ1) is 11.3. The van der Waals surface area contributed by atoms with Crippen LogP contribution in [0, 0.1) is 11.8 Å². The van der Waals surface area contributed by atoms with Crippen molar-refractivity contribution < 1.29 is 4.74 Å². The summed E-state index contributed by atoms with van der Waals surface area (Å²) >= 11 is 0. The van der Waals surface area contributed by atoms with Crippen LogP contribution in [0.15, 0.2) is 12.4 Å². The van der Waals surface area contributed by atoms with Gasteiger partial charge in [0.05, 0.1) is 6.10 Å². The second-order valence-electron chi connectivity index (χ2n) is 6.96. The summed E-state index contributed by atoms with van der Waals surface area (Å²) in [5, 5.41) is 7.00. The molecule has 0 radical (unpaired) electrons. The monoisotopic (exact) mass is 318 g/mol. The third-order valence-corrected chi connectivity index (χ3v) is 5.18. The minimum atomic E-state index is 0.380. The van der Waals surface area contributed by atoms with E-state index >= 15 is 0 Å². The molecule has 1 aliphatic heterocycles. The van der Waals surface area contributed by atoms with Crippen molar-refractivity contribution in [2.24, 2.45) is 11.8 Å². The number of hydrogen-bond acceptors (Lipinski definition) is 5. The predicted molar refractivity (Wildman–Crippen MR) is 93.7 cm³/mol. The minimum Gasteiger partial charge on any atom is -0.378 e. The Morgan fingerprint density at radius 1 is 1.17 bits per heavy atom. The molecular formula is C18H30N4O. The Kier molecular flexibility index (Phi) is 5.70. The Bertz CT molecular complexity index is 488. The fourth-order valence-electron chi connectivity index (χ4n) is 3.42. The average molecular weight is 318 g/mol. The highest BCUT2D eigenvalue weighted by molar-refractivity contribution is 5.47. The normalized spacial score (nSPS) is 24.7. The van der Waals surface area contributed by atoms with E-state index in [1.807, 2.05) is 6.07 Å². The standard InChI is InChI=1S/C18H30N4O/c1-3-14(4-2)16-9-15(7-8-23-16)22-18-10-17(20-12-21-18)19-11-13-5-6-13/h10,12-16H,3-9,11H2,1-2H3,(H2,19,20,21,22). The topological polar surface area (TPSA) is 59.1 Å². The lowest BCUT2D eigenvalue weighted by molar-refractivity contribution is -0.0271. The van der Waals surface area contributed by atoms with Gasteiger partial charge in [-0.3, -0.25) is 0 Å². The Hall–Kier alpha value is -1.36. The van der Waals surface area contributed by atoms with Crippen molar-refractivity contribution in [2.75, 3.05) is 23.8 Å². The summed E-state index contributed by atoms with van der Waals surface area (Å²) < 4.78 is 6.00. The second kappa shape index (κ2) is 7.95. The van der Waals surface area contributed by atoms with Crippen molar-refractivity contribution in [3.63, 3.8) is 0 Å². The summed E-state index contributed by atoms with van der Waals surface area (Å²) in [7, 11) is 0. The number of aromatic nitrogens is 2. The number of nitrogens with zero attached hydrogens (tertiary/aromatic N) is 2. The maximum absolute atomic E-state index is 6.00. The minimum absolute atomic E-state index is 0.380. The number of hydrogen-bond donors (Lipinski definition) is 2. The van der Waals surface area contributed by atoms with Gasteiger partial charge in [0.25, 0.3) is 0 Å². The van der Waals surface area contributed by atoms with Crippen LogP contribution in [0.1, 0.15) is 52.4 Å². The third kappa shape index (κ3) is 4.80. The van der Waals surface area contributed by atoms with Gasteiger partial charge in [-0.1, -0.05) is 26.7 Å². The fourth-order valence-corrected chi connectivity index (χ4v) is 3.42. The molecule has 1 saturated heterocycles. The molecule has 0 spiro atoms. The van der Waals surface area contributed by atoms with Crippen LogP contribution in [-0.2, 0) is 4.74 Å². The van der Waals surface area contributed by atoms with E-state index in [0.717, 1.165) is 43.5 Å². The lowest BCUT2D eigenvalue weighted by atomic mass is 9.89. The van der Waals surface area contributed by atoms with Gasteiger partial charge in [-0.25, -0.2) is 9.97 Å². The Morgan fingerprint density at radius 2 is 1.96 bits per heavy atom. The lowest BCUT2D eigenvalue weighted by Crippen LogP contribution is -2.38. The second-order valence-corrected chi connectivity index (χ2v) is 6.96. The Labute approximate surface area is 139 Å². The first kappa shape index (κ1) is 16.5. The van der Waals surface area contributed by atoms with E-state index in [1.165, 1.54) is 25.7 Å². The molecule has 2 atom stereocenters. The van der Waals surface area contributed by atoms with E-state index in [9.17, 15) is 0 Å². The lowest BCUT2D eigenvalue weighted by Gasteiger charge is -2.34. The molecule has 2 N–H and O–H groups in total. The molecule has 5 heteroatoms. The highest BCUT2D eigenvalue weighted by Gasteiger charge is 2.27. The van der Waals surface area contributed by atoms with Crippen molar-refractivity contribution in [3.05, 3.63) is 12.4 Å². The summed E-state index contributed by atoms with van der Waals surface area (Å²) in [6.07, 6.45) is 9.23. The molecule has 1 aliphatic carbocycles. The molecule has 128 valence electrons. The van der Waals surface area contributed by atoms with Gasteiger partial charge < -0.3 is 15.4 Å². The quantitative estimate of drug-likeness (QED) is 0.765. The molecule has 5 nitrogen and oxygen atoms in total. The maximum atomic E-state index is 6.00. The molecule has 23 heavy (non-hydrogen) atoms. The van der Waals surface area contributed by atoms with Crippen LogP contribution in [0.3, 0.4) is 0 Å². The van der Waals surface area contributed by atoms with Crippen LogP contribution >= 0.6 is 0 Å². The van der Waals surface area contributed by atoms with Crippen LogP contribution in [0.2, 0.25) is 0 Å². The van der Waals surface area contributed by atoms with E-state index in [-0.39, 0.29) is 0 Å². The number of ether oxygens (including phenoxy) is 1. The summed E-state index contributed by atoms with van der Waals surface area (Å²) in [6.45, 7) is 6.40. The Morgan fingerprint density at radius 3 is 2.70 bits per heavy atom. The largest absolute Gasteiger partial charge is 0.378 e. The van der Waals surface area contributed by atoms with E-state index in [2.05, 4.69) is 34.4 Å².